The number of methoxy groups -OCH3 is 2. The third kappa shape index (κ3) is 5.58. The molecular weight excluding hydrogens is 480 g/mol. The zero-order chi connectivity index (χ0) is 26.5. The van der Waals surface area contributed by atoms with Crippen LogP contribution < -0.4 is 14.8 Å². The first-order valence-corrected chi connectivity index (χ1v) is 12.8. The van der Waals surface area contributed by atoms with Gasteiger partial charge in [-0.2, -0.15) is 0 Å². The Hall–Kier alpha value is -4.08. The predicted octanol–water partition coefficient (Wildman–Crippen LogP) is 4.10. The average molecular weight is 513 g/mol. The zero-order valence-corrected chi connectivity index (χ0v) is 22.0. The molecule has 2 aromatic carbocycles. The first-order valence-electron chi connectivity index (χ1n) is 12.8. The molecule has 0 aliphatic carbocycles. The van der Waals surface area contributed by atoms with Gasteiger partial charge < -0.3 is 19.7 Å². The molecule has 1 fully saturated rings. The third-order valence-electron chi connectivity index (χ3n) is 6.92. The molecule has 5 rings (SSSR count). The first-order chi connectivity index (χ1) is 18.6. The van der Waals surface area contributed by atoms with Crippen LogP contribution in [0.2, 0.25) is 0 Å². The van der Waals surface area contributed by atoms with Gasteiger partial charge in [0.25, 0.3) is 5.91 Å². The second-order valence-electron chi connectivity index (χ2n) is 9.23. The number of benzene rings is 2. The summed E-state index contributed by atoms with van der Waals surface area (Å²) < 4.78 is 10.9. The summed E-state index contributed by atoms with van der Waals surface area (Å²) in [4.78, 5) is 31.7. The number of nitrogens with one attached hydrogen (secondary N) is 1. The number of ether oxygens (including phenoxy) is 2. The number of hydrogen-bond donors (Lipinski definition) is 1. The van der Waals surface area contributed by atoms with Gasteiger partial charge in [-0.25, -0.2) is 4.98 Å². The Morgan fingerprint density at radius 3 is 2.18 bits per heavy atom. The zero-order valence-electron chi connectivity index (χ0n) is 22.0. The Morgan fingerprint density at radius 2 is 1.55 bits per heavy atom. The summed E-state index contributed by atoms with van der Waals surface area (Å²) in [7, 11) is 3.22. The Morgan fingerprint density at radius 1 is 0.868 bits per heavy atom. The lowest BCUT2D eigenvalue weighted by molar-refractivity contribution is 0.102. The Labute approximate surface area is 222 Å². The number of amides is 1. The van der Waals surface area contributed by atoms with E-state index in [2.05, 4.69) is 37.0 Å². The number of carbonyl (C=O) groups excluding carboxylic acids is 1. The lowest BCUT2D eigenvalue weighted by Gasteiger charge is -2.33. The van der Waals surface area contributed by atoms with Crippen molar-refractivity contribution in [3.05, 3.63) is 72.2 Å². The number of piperazine rings is 1. The van der Waals surface area contributed by atoms with Gasteiger partial charge in [0.15, 0.2) is 0 Å². The first kappa shape index (κ1) is 25.6. The van der Waals surface area contributed by atoms with Crippen molar-refractivity contribution >= 4 is 22.8 Å². The minimum Gasteiger partial charge on any atom is -0.497 e. The van der Waals surface area contributed by atoms with Crippen molar-refractivity contribution in [2.45, 2.75) is 13.5 Å². The average Bonchev–Trinajstić information content (AvgIpc) is 2.97. The van der Waals surface area contributed by atoms with E-state index < -0.39 is 0 Å². The maximum absolute atomic E-state index is 13.3. The summed E-state index contributed by atoms with van der Waals surface area (Å²) in [5.74, 6) is 1.53. The topological polar surface area (TPSA) is 92.7 Å². The molecular formula is C29H32N6O3. The van der Waals surface area contributed by atoms with Crippen LogP contribution in [0.15, 0.2) is 61.1 Å². The van der Waals surface area contributed by atoms with Crippen LogP contribution in [-0.2, 0) is 6.54 Å². The van der Waals surface area contributed by atoms with E-state index in [0.29, 0.717) is 33.9 Å². The molecule has 196 valence electrons. The van der Waals surface area contributed by atoms with Crippen LogP contribution in [0.5, 0.6) is 11.5 Å². The highest BCUT2D eigenvalue weighted by molar-refractivity contribution is 6.13. The van der Waals surface area contributed by atoms with Crippen molar-refractivity contribution < 1.29 is 14.3 Å². The van der Waals surface area contributed by atoms with Crippen LogP contribution in [0.4, 0.5) is 5.82 Å². The van der Waals surface area contributed by atoms with E-state index in [9.17, 15) is 4.79 Å². The number of hydrogen-bond acceptors (Lipinski definition) is 8. The summed E-state index contributed by atoms with van der Waals surface area (Å²) in [6.45, 7) is 8.46. The molecule has 2 aromatic heterocycles. The summed E-state index contributed by atoms with van der Waals surface area (Å²) in [6.07, 6.45) is 5.04. The van der Waals surface area contributed by atoms with E-state index in [1.54, 1.807) is 32.7 Å². The highest BCUT2D eigenvalue weighted by Crippen LogP contribution is 2.34. The van der Waals surface area contributed by atoms with Gasteiger partial charge >= 0.3 is 0 Å². The lowest BCUT2D eigenvalue weighted by atomic mass is 10.00. The molecule has 4 aromatic rings. The lowest BCUT2D eigenvalue weighted by Crippen LogP contribution is -2.45. The molecule has 0 saturated carbocycles. The van der Waals surface area contributed by atoms with Crippen LogP contribution in [-0.4, -0.2) is 77.6 Å². The molecule has 1 N–H and O–H groups in total. The second kappa shape index (κ2) is 11.5. The quantitative estimate of drug-likeness (QED) is 0.377. The molecule has 1 amide bonds. The molecule has 3 heterocycles. The number of rotatable bonds is 8. The summed E-state index contributed by atoms with van der Waals surface area (Å²) in [5.41, 5.74) is 4.35. The van der Waals surface area contributed by atoms with Gasteiger partial charge in [-0.05, 0) is 41.9 Å². The number of fused-ring (bicyclic) bond motifs is 1. The Balaban J connectivity index is 1.34. The molecule has 0 radical (unpaired) electrons. The van der Waals surface area contributed by atoms with E-state index in [0.717, 1.165) is 56.0 Å². The molecule has 1 aliphatic heterocycles. The normalized spacial score (nSPS) is 14.4. The van der Waals surface area contributed by atoms with Crippen molar-refractivity contribution in [3.63, 3.8) is 0 Å². The van der Waals surface area contributed by atoms with Crippen LogP contribution in [0.1, 0.15) is 22.8 Å². The molecule has 1 saturated heterocycles. The van der Waals surface area contributed by atoms with Crippen molar-refractivity contribution in [3.8, 4) is 22.6 Å². The van der Waals surface area contributed by atoms with Gasteiger partial charge in [0.1, 0.15) is 22.8 Å². The van der Waals surface area contributed by atoms with Gasteiger partial charge in [0.05, 0.1) is 25.3 Å². The molecule has 9 nitrogen and oxygen atoms in total. The predicted molar refractivity (Wildman–Crippen MR) is 148 cm³/mol. The maximum Gasteiger partial charge on any atom is 0.259 e. The summed E-state index contributed by atoms with van der Waals surface area (Å²) in [6, 6.07) is 13.1. The Kier molecular flexibility index (Phi) is 7.76. The monoisotopic (exact) mass is 512 g/mol. The highest BCUT2D eigenvalue weighted by atomic mass is 16.5. The molecule has 0 bridgehead atoms. The van der Waals surface area contributed by atoms with Crippen molar-refractivity contribution in [2.75, 3.05) is 52.3 Å². The molecule has 0 unspecified atom stereocenters. The van der Waals surface area contributed by atoms with E-state index in [1.807, 2.05) is 42.6 Å². The fraction of sp³-hybridized carbons (Fsp3) is 0.310. The van der Waals surface area contributed by atoms with Crippen LogP contribution in [0.3, 0.4) is 0 Å². The van der Waals surface area contributed by atoms with Crippen molar-refractivity contribution in [1.29, 1.82) is 0 Å². The van der Waals surface area contributed by atoms with E-state index >= 15 is 0 Å². The standard InChI is InChI=1S/C29H32N6O3/c1-4-34-11-13-35(14-12-34)19-20-5-8-26(32-18-20)33-29(36)25-7-6-24(27-28(25)31-10-9-30-27)21-15-22(37-2)17-23(16-21)38-3/h5-10,15-18H,4,11-14,19H2,1-3H3,(H,32,33,36). The third-order valence-corrected chi connectivity index (χ3v) is 6.92. The number of pyridine rings is 1. The highest BCUT2D eigenvalue weighted by Gasteiger charge is 2.18. The molecule has 9 heteroatoms. The molecule has 38 heavy (non-hydrogen) atoms. The Bertz CT molecular complexity index is 1400. The molecule has 0 atom stereocenters. The van der Waals surface area contributed by atoms with Gasteiger partial charge in [-0.3, -0.25) is 19.7 Å². The second-order valence-corrected chi connectivity index (χ2v) is 9.23. The largest absolute Gasteiger partial charge is 0.497 e. The number of anilines is 1. The minimum absolute atomic E-state index is 0.291. The van der Waals surface area contributed by atoms with E-state index in [-0.39, 0.29) is 5.91 Å². The van der Waals surface area contributed by atoms with Crippen molar-refractivity contribution in [1.82, 2.24) is 24.8 Å². The van der Waals surface area contributed by atoms with E-state index in [1.165, 1.54) is 0 Å². The maximum atomic E-state index is 13.3. The number of nitrogens with zero attached hydrogens (tertiary/aromatic N) is 5. The van der Waals surface area contributed by atoms with Gasteiger partial charge in [-0.1, -0.05) is 19.1 Å². The van der Waals surface area contributed by atoms with Gasteiger partial charge in [0.2, 0.25) is 0 Å². The van der Waals surface area contributed by atoms with Crippen LogP contribution in [0.25, 0.3) is 22.2 Å². The van der Waals surface area contributed by atoms with Gasteiger partial charge in [0, 0.05) is 62.9 Å². The summed E-state index contributed by atoms with van der Waals surface area (Å²) in [5, 5.41) is 2.91. The minimum atomic E-state index is -0.291. The summed E-state index contributed by atoms with van der Waals surface area (Å²) >= 11 is 0. The van der Waals surface area contributed by atoms with Crippen LogP contribution in [0, 0.1) is 0 Å². The SMILES string of the molecule is CCN1CCN(Cc2ccc(NC(=O)c3ccc(-c4cc(OC)cc(OC)c4)c4nccnc34)nc2)CC1. The van der Waals surface area contributed by atoms with Crippen LogP contribution >= 0.6 is 0 Å². The van der Waals surface area contributed by atoms with Gasteiger partial charge in [-0.15, -0.1) is 0 Å². The van der Waals surface area contributed by atoms with E-state index in [4.69, 9.17) is 9.47 Å². The fourth-order valence-electron chi connectivity index (χ4n) is 4.73. The molecule has 1 aliphatic rings. The fourth-order valence-corrected chi connectivity index (χ4v) is 4.73. The smallest absolute Gasteiger partial charge is 0.259 e. The van der Waals surface area contributed by atoms with Crippen molar-refractivity contribution in [2.24, 2.45) is 0 Å². The number of likely N-dealkylation sites (N-methyl/N-ethyl adjacent to an activating group) is 1. The molecule has 0 spiro atoms. The number of aromatic nitrogens is 3. The number of carbonyl (C=O) groups is 1.